The van der Waals surface area contributed by atoms with E-state index < -0.39 is 57.6 Å². The van der Waals surface area contributed by atoms with Gasteiger partial charge in [0.1, 0.15) is 0 Å². The van der Waals surface area contributed by atoms with E-state index in [-0.39, 0.29) is 12.2 Å². The molecule has 1 saturated carbocycles. The highest BCUT2D eigenvalue weighted by atomic mass is 16.6. The fraction of sp³-hybridized carbons (Fsp3) is 0.327. The third-order valence-electron chi connectivity index (χ3n) is 11.4. The van der Waals surface area contributed by atoms with Crippen molar-refractivity contribution in [2.45, 2.75) is 67.1 Å². The molecule has 4 aromatic rings. The van der Waals surface area contributed by atoms with Gasteiger partial charge in [0.2, 0.25) is 0 Å². The number of allylic oxidation sites excluding steroid dienone is 5. The molecule has 0 unspecified atom stereocenters. The Labute approximate surface area is 320 Å². The molecule has 0 aromatic heterocycles. The molecule has 4 aromatic carbocycles. The molecule has 278 valence electrons. The van der Waals surface area contributed by atoms with Crippen LogP contribution >= 0.6 is 0 Å². The minimum atomic E-state index is -1.79. The summed E-state index contributed by atoms with van der Waals surface area (Å²) in [6.45, 7) is 18.4. The average molecular weight is 721 g/mol. The van der Waals surface area contributed by atoms with Gasteiger partial charge < -0.3 is 9.47 Å². The number of carbonyl (C=O) groups is 3. The lowest BCUT2D eigenvalue weighted by Gasteiger charge is -2.43. The monoisotopic (exact) mass is 720 g/mol. The van der Waals surface area contributed by atoms with Gasteiger partial charge in [-0.25, -0.2) is 0 Å². The number of Topliss-reactive ketones (excluding diaryl/α,β-unsaturated/α-hetero) is 1. The number of benzene rings is 4. The predicted molar refractivity (Wildman–Crippen MR) is 214 cm³/mol. The van der Waals surface area contributed by atoms with Gasteiger partial charge in [-0.3, -0.25) is 14.4 Å². The van der Waals surface area contributed by atoms with Crippen LogP contribution in [0.15, 0.2) is 157 Å². The second-order valence-corrected chi connectivity index (χ2v) is 16.9. The van der Waals surface area contributed by atoms with Crippen molar-refractivity contribution in [1.29, 1.82) is 0 Å². The van der Waals surface area contributed by atoms with Gasteiger partial charge in [-0.2, -0.15) is 0 Å². The number of hydrogen-bond acceptors (Lipinski definition) is 5. The lowest BCUT2D eigenvalue weighted by atomic mass is 9.59. The van der Waals surface area contributed by atoms with Gasteiger partial charge in [0.15, 0.2) is 23.4 Å². The first-order valence-corrected chi connectivity index (χ1v) is 18.9. The molecule has 1 fully saturated rings. The zero-order chi connectivity index (χ0) is 38.9. The van der Waals surface area contributed by atoms with Gasteiger partial charge in [0.25, 0.3) is 0 Å². The molecule has 0 amide bonds. The Morgan fingerprint density at radius 3 is 1.22 bits per heavy atom. The molecule has 0 aliphatic heterocycles. The van der Waals surface area contributed by atoms with Crippen LogP contribution in [-0.2, 0) is 23.9 Å². The summed E-state index contributed by atoms with van der Waals surface area (Å²) in [7, 11) is 0. The first-order chi connectivity index (χ1) is 25.6. The number of rotatable bonds is 9. The van der Waals surface area contributed by atoms with Gasteiger partial charge in [0.05, 0.1) is 0 Å². The average Bonchev–Trinajstić information content (AvgIpc) is 3.41. The van der Waals surface area contributed by atoms with Gasteiger partial charge in [-0.05, 0) is 51.3 Å². The first kappa shape index (κ1) is 38.4. The summed E-state index contributed by atoms with van der Waals surface area (Å²) < 4.78 is 13.3. The third kappa shape index (κ3) is 7.04. The summed E-state index contributed by atoms with van der Waals surface area (Å²) >= 11 is 0. The van der Waals surface area contributed by atoms with Crippen LogP contribution in [0.25, 0.3) is 0 Å². The molecule has 2 aliphatic carbocycles. The first-order valence-electron chi connectivity index (χ1n) is 18.9. The van der Waals surface area contributed by atoms with E-state index in [1.807, 2.05) is 188 Å². The molecular formula is C49H52O5. The number of hydrogen-bond donors (Lipinski definition) is 0. The van der Waals surface area contributed by atoms with E-state index in [4.69, 9.17) is 9.47 Å². The maximum Gasteiger partial charge on any atom is 0.324 e. The van der Waals surface area contributed by atoms with Crippen LogP contribution in [-0.4, -0.2) is 17.7 Å². The lowest BCUT2D eigenvalue weighted by Crippen LogP contribution is -2.48. The van der Waals surface area contributed by atoms with Crippen LogP contribution in [0.3, 0.4) is 0 Å². The summed E-state index contributed by atoms with van der Waals surface area (Å²) in [5.41, 5.74) is 0.690. The minimum absolute atomic E-state index is 0.0141. The maximum atomic E-state index is 15.5. The molecule has 0 radical (unpaired) electrons. The fourth-order valence-electron chi connectivity index (χ4n) is 8.33. The Kier molecular flexibility index (Phi) is 10.6. The van der Waals surface area contributed by atoms with Crippen LogP contribution in [0.4, 0.5) is 0 Å². The van der Waals surface area contributed by atoms with Crippen molar-refractivity contribution in [3.05, 3.63) is 180 Å². The van der Waals surface area contributed by atoms with Crippen molar-refractivity contribution in [2.24, 2.45) is 33.5 Å². The van der Waals surface area contributed by atoms with Gasteiger partial charge >= 0.3 is 11.9 Å². The second kappa shape index (κ2) is 14.9. The fourth-order valence-corrected chi connectivity index (χ4v) is 8.33. The van der Waals surface area contributed by atoms with Gasteiger partial charge in [-0.1, -0.05) is 188 Å². The molecule has 1 spiro atoms. The van der Waals surface area contributed by atoms with E-state index >= 15 is 9.59 Å². The SMILES string of the molecule is C=C[C@@H]1CC(C(=O)OC(c2ccccc2)c2ccccc2)(C(=O)OC(c2ccccc2)c2ccccc2)[C@H](C)C12C=C(C(C)(C)C)C(=O)C(C(C)(C)C)=C2. The highest BCUT2D eigenvalue weighted by Gasteiger charge is 2.68. The van der Waals surface area contributed by atoms with Crippen molar-refractivity contribution < 1.29 is 23.9 Å². The molecule has 5 nitrogen and oxygen atoms in total. The third-order valence-corrected chi connectivity index (χ3v) is 11.4. The van der Waals surface area contributed by atoms with Crippen molar-refractivity contribution in [3.8, 4) is 0 Å². The molecule has 0 heterocycles. The summed E-state index contributed by atoms with van der Waals surface area (Å²) in [6, 6.07) is 38.3. The normalized spacial score (nSPS) is 19.3. The highest BCUT2D eigenvalue weighted by molar-refractivity contribution is 6.11. The molecule has 0 N–H and O–H groups in total. The van der Waals surface area contributed by atoms with Crippen molar-refractivity contribution in [3.63, 3.8) is 0 Å². The number of ketones is 1. The van der Waals surface area contributed by atoms with E-state index in [2.05, 4.69) is 6.58 Å². The van der Waals surface area contributed by atoms with Crippen LogP contribution < -0.4 is 0 Å². The molecule has 5 heteroatoms. The molecule has 0 saturated heterocycles. The van der Waals surface area contributed by atoms with Crippen molar-refractivity contribution >= 4 is 17.7 Å². The van der Waals surface area contributed by atoms with Crippen LogP contribution in [0, 0.1) is 33.5 Å². The van der Waals surface area contributed by atoms with E-state index in [9.17, 15) is 4.79 Å². The summed E-state index contributed by atoms with van der Waals surface area (Å²) in [5.74, 6) is -2.46. The second-order valence-electron chi connectivity index (χ2n) is 16.9. The van der Waals surface area contributed by atoms with E-state index in [0.29, 0.717) is 11.1 Å². The Morgan fingerprint density at radius 1 is 0.630 bits per heavy atom. The summed E-state index contributed by atoms with van der Waals surface area (Å²) in [4.78, 5) is 45.2. The summed E-state index contributed by atoms with van der Waals surface area (Å²) in [6.07, 6.45) is 4.40. The maximum absolute atomic E-state index is 15.5. The Bertz CT molecular complexity index is 1840. The van der Waals surface area contributed by atoms with E-state index in [0.717, 1.165) is 22.3 Å². The van der Waals surface area contributed by atoms with Crippen LogP contribution in [0.5, 0.6) is 0 Å². The zero-order valence-corrected chi connectivity index (χ0v) is 32.5. The highest BCUT2D eigenvalue weighted by Crippen LogP contribution is 2.64. The Balaban J connectivity index is 1.57. The molecular weight excluding hydrogens is 669 g/mol. The molecule has 54 heavy (non-hydrogen) atoms. The molecule has 6 rings (SSSR count). The number of esters is 2. The molecule has 0 bridgehead atoms. The Hall–Kier alpha value is -5.29. The smallest absolute Gasteiger partial charge is 0.324 e. The van der Waals surface area contributed by atoms with Gasteiger partial charge in [-0.15, -0.1) is 6.58 Å². The number of ether oxygens (including phenoxy) is 2. The quantitative estimate of drug-likeness (QED) is 0.0978. The van der Waals surface area contributed by atoms with Crippen LogP contribution in [0.1, 0.15) is 89.3 Å². The van der Waals surface area contributed by atoms with Crippen LogP contribution in [0.2, 0.25) is 0 Å². The minimum Gasteiger partial charge on any atom is -0.452 e. The molecule has 2 atom stereocenters. The zero-order valence-electron chi connectivity index (χ0n) is 32.5. The largest absolute Gasteiger partial charge is 0.452 e. The topological polar surface area (TPSA) is 69.7 Å². The van der Waals surface area contributed by atoms with Crippen molar-refractivity contribution in [2.75, 3.05) is 0 Å². The van der Waals surface area contributed by atoms with E-state index in [1.165, 1.54) is 0 Å². The number of carbonyl (C=O) groups excluding carboxylic acids is 3. The predicted octanol–water partition coefficient (Wildman–Crippen LogP) is 11.0. The van der Waals surface area contributed by atoms with E-state index in [1.54, 1.807) is 0 Å². The molecule has 2 aliphatic rings. The standard InChI is InChI=1S/C49H52O5/c1-9-38-30-49(44(51)53-42(34-22-14-10-15-23-34)35-24-16-11-17-25-35,45(52)54-43(36-26-18-12-19-27-36)37-28-20-13-21-29-37)33(2)48(38)31-39(46(3,4)5)41(50)40(32-48)47(6,7)8/h9-29,31-33,38,42-43H,1,30H2,2-8H3/t33-,38-/m1/s1. The van der Waals surface area contributed by atoms with Gasteiger partial charge in [0, 0.05) is 16.6 Å². The van der Waals surface area contributed by atoms with Crippen molar-refractivity contribution in [1.82, 2.24) is 0 Å². The lowest BCUT2D eigenvalue weighted by molar-refractivity contribution is -0.181. The Morgan fingerprint density at radius 2 is 0.944 bits per heavy atom. The summed E-state index contributed by atoms with van der Waals surface area (Å²) in [5, 5.41) is 0.